The maximum Gasteiger partial charge on any atom is 0.363 e. The molecule has 5 aromatic carbocycles. The highest BCUT2D eigenvalue weighted by molar-refractivity contribution is 7.94. The van der Waals surface area contributed by atoms with Crippen LogP contribution in [0.3, 0.4) is 0 Å². The molecule has 1 heterocycles. The molecule has 0 bridgehead atoms. The normalized spacial score (nSPS) is 11.8. The zero-order valence-corrected chi connectivity index (χ0v) is 27.2. The monoisotopic (exact) mass is 654 g/mol. The molecular formula is C35H32N3O6S2+. The molecule has 0 unspecified atom stereocenters. The first-order chi connectivity index (χ1) is 22.2. The lowest BCUT2D eigenvalue weighted by atomic mass is 9.96. The molecule has 0 amide bonds. The van der Waals surface area contributed by atoms with E-state index in [1.54, 1.807) is 24.3 Å². The molecule has 234 valence electrons. The van der Waals surface area contributed by atoms with Gasteiger partial charge in [-0.25, -0.2) is 22.4 Å². The summed E-state index contributed by atoms with van der Waals surface area (Å²) in [6.07, 6.45) is 0. The summed E-state index contributed by atoms with van der Waals surface area (Å²) in [7, 11) is 3.42. The van der Waals surface area contributed by atoms with Gasteiger partial charge >= 0.3 is 11.2 Å². The zero-order chi connectivity index (χ0) is 32.4. The van der Waals surface area contributed by atoms with E-state index in [9.17, 15) is 8.42 Å². The average Bonchev–Trinajstić information content (AvgIpc) is 3.09. The molecule has 9 nitrogen and oxygen atoms in total. The molecule has 0 saturated carbocycles. The van der Waals surface area contributed by atoms with Gasteiger partial charge in [0, 0.05) is 50.0 Å². The minimum Gasteiger partial charge on any atom is -0.344 e. The summed E-state index contributed by atoms with van der Waals surface area (Å²) in [5.74, 6) is 0. The van der Waals surface area contributed by atoms with E-state index in [1.165, 1.54) is 18.4 Å². The van der Waals surface area contributed by atoms with E-state index in [2.05, 4.69) is 34.2 Å². The molecule has 6 aromatic rings. The molecule has 0 atom stereocenters. The lowest BCUT2D eigenvalue weighted by Gasteiger charge is -2.20. The largest absolute Gasteiger partial charge is 0.363 e. The minimum absolute atomic E-state index is 0.225. The predicted molar refractivity (Wildman–Crippen MR) is 184 cm³/mol. The Kier molecular flexibility index (Phi) is 8.96. The van der Waals surface area contributed by atoms with Gasteiger partial charge in [-0.05, 0) is 72.3 Å². The number of hydrogen-bond donors (Lipinski definition) is 1. The summed E-state index contributed by atoms with van der Waals surface area (Å²) in [6.45, 7) is 0. The first-order valence-electron chi connectivity index (χ1n) is 14.3. The highest BCUT2D eigenvalue weighted by atomic mass is 32.2. The standard InChI is InChI=1S/C35H31N3O6S2/c1-36(2)46(40,41)28-18-14-25(15-19-28)38(4)27-17-21-30-33(23-27)42-32-22-26(37(3)24-10-6-5-7-11-24)16-20-29(32)35(30)31-12-8-9-13-34(31)45-44-43-39/h5-23H,1-4H3/p+1. The first kappa shape index (κ1) is 31.5. The second-order valence-electron chi connectivity index (χ2n) is 10.8. The van der Waals surface area contributed by atoms with Crippen LogP contribution in [0.1, 0.15) is 0 Å². The molecule has 0 radical (unpaired) electrons. The SMILES string of the molecule is CN(c1ccccc1)c1ccc2c(-c3ccccc3SOOO)c3ccc(N(C)c4ccc(S(=O)(=O)N(C)C)cc4)cc3[o+]c2c1. The van der Waals surface area contributed by atoms with Crippen LogP contribution in [0.2, 0.25) is 0 Å². The fourth-order valence-corrected chi connectivity index (χ4v) is 6.77. The van der Waals surface area contributed by atoms with Crippen molar-refractivity contribution < 1.29 is 27.5 Å². The maximum atomic E-state index is 12.6. The topological polar surface area (TPSA) is 93.8 Å². The number of sulfonamides is 1. The number of fused-ring (bicyclic) bond motifs is 2. The van der Waals surface area contributed by atoms with Crippen molar-refractivity contribution in [3.63, 3.8) is 0 Å². The van der Waals surface area contributed by atoms with Crippen LogP contribution in [0.5, 0.6) is 0 Å². The second kappa shape index (κ2) is 13.1. The Morgan fingerprint density at radius 2 is 1.17 bits per heavy atom. The Hall–Kier alpha value is -4.49. The fraction of sp³-hybridized carbons (Fsp3) is 0.114. The van der Waals surface area contributed by atoms with E-state index in [0.29, 0.717) is 11.2 Å². The molecule has 1 N–H and O–H groups in total. The molecule has 0 aliphatic carbocycles. The molecule has 0 spiro atoms. The molecule has 0 fully saturated rings. The number of para-hydroxylation sites is 1. The quantitative estimate of drug-likeness (QED) is 0.0512. The van der Waals surface area contributed by atoms with Crippen LogP contribution in [0, 0.1) is 0 Å². The first-order valence-corrected chi connectivity index (χ1v) is 16.5. The Morgan fingerprint density at radius 1 is 0.652 bits per heavy atom. The Labute approximate surface area is 271 Å². The van der Waals surface area contributed by atoms with Gasteiger partial charge in [0.2, 0.25) is 10.0 Å². The Bertz CT molecular complexity index is 2130. The third kappa shape index (κ3) is 6.04. The summed E-state index contributed by atoms with van der Waals surface area (Å²) in [4.78, 5) is 5.03. The van der Waals surface area contributed by atoms with Crippen LogP contribution >= 0.6 is 12.0 Å². The Morgan fingerprint density at radius 3 is 1.74 bits per heavy atom. The molecule has 11 heteroatoms. The third-order valence-corrected chi connectivity index (χ3v) is 10.4. The van der Waals surface area contributed by atoms with Gasteiger partial charge in [-0.3, -0.25) is 0 Å². The number of anilines is 4. The van der Waals surface area contributed by atoms with E-state index in [0.717, 1.165) is 61.6 Å². The summed E-state index contributed by atoms with van der Waals surface area (Å²) < 4.78 is 37.8. The van der Waals surface area contributed by atoms with Crippen molar-refractivity contribution in [2.75, 3.05) is 38.0 Å². The van der Waals surface area contributed by atoms with Crippen molar-refractivity contribution in [2.45, 2.75) is 9.79 Å². The van der Waals surface area contributed by atoms with E-state index < -0.39 is 10.0 Å². The molecule has 6 rings (SSSR count). The number of hydrogen-bond acceptors (Lipinski definition) is 8. The fourth-order valence-electron chi connectivity index (χ4n) is 5.37. The summed E-state index contributed by atoms with van der Waals surface area (Å²) >= 11 is 0.909. The van der Waals surface area contributed by atoms with Gasteiger partial charge in [-0.15, -0.1) is 4.33 Å². The zero-order valence-electron chi connectivity index (χ0n) is 25.6. The predicted octanol–water partition coefficient (Wildman–Crippen LogP) is 8.75. The molecule has 46 heavy (non-hydrogen) atoms. The van der Waals surface area contributed by atoms with Crippen molar-refractivity contribution in [1.29, 1.82) is 0 Å². The minimum atomic E-state index is -3.54. The van der Waals surface area contributed by atoms with Crippen LogP contribution in [0.15, 0.2) is 129 Å². The van der Waals surface area contributed by atoms with Gasteiger partial charge < -0.3 is 9.80 Å². The van der Waals surface area contributed by atoms with E-state index >= 15 is 0 Å². The lowest BCUT2D eigenvalue weighted by molar-refractivity contribution is -0.432. The number of nitrogens with zero attached hydrogens (tertiary/aromatic N) is 3. The van der Waals surface area contributed by atoms with Crippen molar-refractivity contribution in [3.8, 4) is 11.1 Å². The van der Waals surface area contributed by atoms with Gasteiger partial charge in [-0.1, -0.05) is 41.4 Å². The van der Waals surface area contributed by atoms with E-state index in [-0.39, 0.29) is 4.90 Å². The van der Waals surface area contributed by atoms with Crippen molar-refractivity contribution in [2.24, 2.45) is 0 Å². The highest BCUT2D eigenvalue weighted by Crippen LogP contribution is 2.43. The molecule has 0 aliphatic rings. The maximum absolute atomic E-state index is 12.6. The smallest absolute Gasteiger partial charge is 0.344 e. The number of benzene rings is 5. The van der Waals surface area contributed by atoms with Crippen LogP contribution in [0.25, 0.3) is 33.1 Å². The summed E-state index contributed by atoms with van der Waals surface area (Å²) in [6, 6.07) is 36.7. The van der Waals surface area contributed by atoms with Crippen LogP contribution in [-0.4, -0.2) is 46.2 Å². The average molecular weight is 655 g/mol. The van der Waals surface area contributed by atoms with E-state index in [1.807, 2.05) is 85.7 Å². The third-order valence-electron chi connectivity index (χ3n) is 7.92. The molecular weight excluding hydrogens is 623 g/mol. The molecule has 0 aliphatic heterocycles. The lowest BCUT2D eigenvalue weighted by Crippen LogP contribution is -2.22. The molecule has 1 aromatic heterocycles. The van der Waals surface area contributed by atoms with Gasteiger partial charge in [0.05, 0.1) is 51.2 Å². The van der Waals surface area contributed by atoms with Gasteiger partial charge in [0.15, 0.2) is 0 Å². The van der Waals surface area contributed by atoms with Gasteiger partial charge in [0.25, 0.3) is 0 Å². The van der Waals surface area contributed by atoms with Gasteiger partial charge in [0.1, 0.15) is 0 Å². The van der Waals surface area contributed by atoms with Crippen LogP contribution < -0.4 is 9.80 Å². The van der Waals surface area contributed by atoms with Crippen molar-refractivity contribution in [1.82, 2.24) is 4.31 Å². The summed E-state index contributed by atoms with van der Waals surface area (Å²) in [5.41, 5.74) is 6.79. The Balaban J connectivity index is 1.50. The second-order valence-corrected chi connectivity index (χ2v) is 13.7. The molecule has 0 saturated heterocycles. The van der Waals surface area contributed by atoms with Crippen LogP contribution in [-0.2, 0) is 19.4 Å². The summed E-state index contributed by atoms with van der Waals surface area (Å²) in [5, 5.41) is 14.6. The van der Waals surface area contributed by atoms with Crippen molar-refractivity contribution >= 4 is 66.8 Å². The highest BCUT2D eigenvalue weighted by Gasteiger charge is 2.25. The number of rotatable bonds is 10. The van der Waals surface area contributed by atoms with Gasteiger partial charge in [-0.2, -0.15) is 0 Å². The van der Waals surface area contributed by atoms with Crippen molar-refractivity contribution in [3.05, 3.63) is 115 Å². The van der Waals surface area contributed by atoms with Crippen LogP contribution in [0.4, 0.5) is 22.7 Å². The van der Waals surface area contributed by atoms with E-state index in [4.69, 9.17) is 14.0 Å².